The van der Waals surface area contributed by atoms with Crippen molar-refractivity contribution in [3.63, 3.8) is 0 Å². The van der Waals surface area contributed by atoms with Gasteiger partial charge in [0.25, 0.3) is 0 Å². The second-order valence-electron chi connectivity index (χ2n) is 7.08. The summed E-state index contributed by atoms with van der Waals surface area (Å²) in [6, 6.07) is 8.25. The molecule has 1 aromatic rings. The third kappa shape index (κ3) is 1.16. The number of methoxy groups -OCH3 is 1. The number of rotatable bonds is 2. The Labute approximate surface area is 114 Å². The molecule has 19 heavy (non-hydrogen) atoms. The third-order valence-corrected chi connectivity index (χ3v) is 6.24. The first kappa shape index (κ1) is 11.5. The lowest BCUT2D eigenvalue weighted by Crippen LogP contribution is -2.40. The van der Waals surface area contributed by atoms with Crippen LogP contribution in [0.2, 0.25) is 0 Å². The van der Waals surface area contributed by atoms with Crippen LogP contribution in [0.25, 0.3) is 0 Å². The molecule has 0 aliphatic heterocycles. The van der Waals surface area contributed by atoms with Crippen LogP contribution in [0.1, 0.15) is 38.2 Å². The smallest absolute Gasteiger partial charge is 0.139 e. The summed E-state index contributed by atoms with van der Waals surface area (Å²) in [6.45, 7) is 4.56. The molecule has 0 N–H and O–H groups in total. The first-order valence-corrected chi connectivity index (χ1v) is 7.18. The van der Waals surface area contributed by atoms with Crippen LogP contribution in [0.5, 0.6) is 5.75 Å². The fourth-order valence-corrected chi connectivity index (χ4v) is 5.38. The predicted molar refractivity (Wildman–Crippen MR) is 73.2 cm³/mol. The number of ketones is 1. The zero-order chi connectivity index (χ0) is 13.4. The van der Waals surface area contributed by atoms with Gasteiger partial charge < -0.3 is 4.74 Å². The van der Waals surface area contributed by atoms with E-state index in [1.807, 2.05) is 12.1 Å². The van der Waals surface area contributed by atoms with Crippen molar-refractivity contribution in [2.75, 3.05) is 7.11 Å². The zero-order valence-corrected chi connectivity index (χ0v) is 11.8. The van der Waals surface area contributed by atoms with E-state index in [9.17, 15) is 4.79 Å². The van der Waals surface area contributed by atoms with Crippen molar-refractivity contribution in [3.8, 4) is 5.75 Å². The summed E-state index contributed by atoms with van der Waals surface area (Å²) in [6.07, 6.45) is 1.88. The first-order valence-electron chi connectivity index (χ1n) is 7.18. The van der Waals surface area contributed by atoms with Crippen LogP contribution in [0.4, 0.5) is 0 Å². The molecule has 5 atom stereocenters. The molecule has 0 unspecified atom stereocenters. The Morgan fingerprint density at radius 2 is 2.00 bits per heavy atom. The minimum Gasteiger partial charge on any atom is -0.496 e. The van der Waals surface area contributed by atoms with Crippen molar-refractivity contribution in [2.45, 2.75) is 32.6 Å². The van der Waals surface area contributed by atoms with E-state index in [1.54, 1.807) is 7.11 Å². The topological polar surface area (TPSA) is 26.3 Å². The van der Waals surface area contributed by atoms with Crippen molar-refractivity contribution in [1.29, 1.82) is 0 Å². The maximum absolute atomic E-state index is 12.5. The summed E-state index contributed by atoms with van der Waals surface area (Å²) in [7, 11) is 1.72. The van der Waals surface area contributed by atoms with Gasteiger partial charge in [-0.05, 0) is 35.3 Å². The van der Waals surface area contributed by atoms with Gasteiger partial charge in [-0.3, -0.25) is 4.79 Å². The Kier molecular flexibility index (Phi) is 1.95. The van der Waals surface area contributed by atoms with Crippen molar-refractivity contribution < 1.29 is 9.53 Å². The molecule has 0 amide bonds. The van der Waals surface area contributed by atoms with Crippen LogP contribution in [-0.2, 0) is 4.79 Å². The average Bonchev–Trinajstić information content (AvgIpc) is 2.86. The van der Waals surface area contributed by atoms with Crippen molar-refractivity contribution >= 4 is 5.78 Å². The molecular formula is C17H20O2. The summed E-state index contributed by atoms with van der Waals surface area (Å²) in [4.78, 5) is 12.5. The van der Waals surface area contributed by atoms with Crippen molar-refractivity contribution in [3.05, 3.63) is 29.8 Å². The van der Waals surface area contributed by atoms with E-state index in [0.717, 1.165) is 18.6 Å². The number of benzene rings is 1. The van der Waals surface area contributed by atoms with Crippen LogP contribution in [-0.4, -0.2) is 12.9 Å². The van der Waals surface area contributed by atoms with Crippen molar-refractivity contribution in [1.82, 2.24) is 0 Å². The predicted octanol–water partition coefficient (Wildman–Crippen LogP) is 3.41. The summed E-state index contributed by atoms with van der Waals surface area (Å²) < 4.78 is 5.53. The van der Waals surface area contributed by atoms with E-state index in [-0.39, 0.29) is 5.41 Å². The van der Waals surface area contributed by atoms with Gasteiger partial charge in [-0.2, -0.15) is 0 Å². The molecule has 2 heteroatoms. The molecule has 0 heterocycles. The average molecular weight is 256 g/mol. The second kappa shape index (κ2) is 3.23. The van der Waals surface area contributed by atoms with Gasteiger partial charge in [0, 0.05) is 17.8 Å². The summed E-state index contributed by atoms with van der Waals surface area (Å²) in [5, 5.41) is 0. The third-order valence-electron chi connectivity index (χ3n) is 6.24. The highest BCUT2D eigenvalue weighted by molar-refractivity contribution is 5.90. The van der Waals surface area contributed by atoms with E-state index >= 15 is 0 Å². The zero-order valence-electron chi connectivity index (χ0n) is 11.8. The number of Topliss-reactive ketones (excluding diaryl/α,β-unsaturated/α-hetero) is 1. The van der Waals surface area contributed by atoms with E-state index in [2.05, 4.69) is 26.0 Å². The van der Waals surface area contributed by atoms with Gasteiger partial charge in [0.15, 0.2) is 0 Å². The number of para-hydroxylation sites is 1. The monoisotopic (exact) mass is 256 g/mol. The molecule has 100 valence electrons. The maximum atomic E-state index is 12.5. The second-order valence-corrected chi connectivity index (χ2v) is 7.08. The quantitative estimate of drug-likeness (QED) is 0.810. The Balaban J connectivity index is 1.86. The normalized spacial score (nSPS) is 46.3. The molecule has 0 spiro atoms. The van der Waals surface area contributed by atoms with Crippen LogP contribution in [0, 0.1) is 22.7 Å². The number of hydrogen-bond donors (Lipinski definition) is 0. The van der Waals surface area contributed by atoms with Crippen LogP contribution in [0.15, 0.2) is 24.3 Å². The number of carbonyl (C=O) groups excluding carboxylic acids is 1. The molecule has 0 aromatic heterocycles. The van der Waals surface area contributed by atoms with E-state index in [4.69, 9.17) is 4.74 Å². The van der Waals surface area contributed by atoms with Crippen LogP contribution in [0.3, 0.4) is 0 Å². The summed E-state index contributed by atoms with van der Waals surface area (Å²) in [5.41, 5.74) is 1.49. The molecule has 4 saturated carbocycles. The number of ether oxygens (including phenoxy) is 1. The standard InChI is InChI=1S/C17H20O2/c1-16-9-17(2)13(18)8-11(16)15(16)14(17)10-6-4-5-7-12(10)19-3/h4-7,11,14-15H,8-9H2,1-3H3/t11-,14-,15-,16-,17+/m0/s1. The van der Waals surface area contributed by atoms with Gasteiger partial charge in [0.1, 0.15) is 11.5 Å². The van der Waals surface area contributed by atoms with Crippen LogP contribution >= 0.6 is 0 Å². The molecule has 4 fully saturated rings. The Morgan fingerprint density at radius 3 is 2.74 bits per heavy atom. The molecular weight excluding hydrogens is 236 g/mol. The highest BCUT2D eigenvalue weighted by atomic mass is 16.5. The number of fused-ring (bicyclic) bond motifs is 1. The molecule has 0 saturated heterocycles. The lowest BCUT2D eigenvalue weighted by molar-refractivity contribution is -0.133. The van der Waals surface area contributed by atoms with Gasteiger partial charge in [-0.1, -0.05) is 32.0 Å². The highest BCUT2D eigenvalue weighted by Gasteiger charge is 2.78. The van der Waals surface area contributed by atoms with Gasteiger partial charge in [-0.15, -0.1) is 0 Å². The Morgan fingerprint density at radius 1 is 1.26 bits per heavy atom. The molecule has 4 aliphatic rings. The number of carbonyl (C=O) groups is 1. The van der Waals surface area contributed by atoms with E-state index in [0.29, 0.717) is 29.0 Å². The fourth-order valence-electron chi connectivity index (χ4n) is 5.38. The Bertz CT molecular complexity index is 578. The number of hydrogen-bond acceptors (Lipinski definition) is 2. The van der Waals surface area contributed by atoms with Crippen molar-refractivity contribution in [2.24, 2.45) is 22.7 Å². The van der Waals surface area contributed by atoms with Crippen LogP contribution < -0.4 is 4.74 Å². The maximum Gasteiger partial charge on any atom is 0.139 e. The van der Waals surface area contributed by atoms with Gasteiger partial charge in [0.05, 0.1) is 7.11 Å². The largest absolute Gasteiger partial charge is 0.496 e. The molecule has 2 nitrogen and oxygen atoms in total. The molecule has 4 aliphatic carbocycles. The minimum absolute atomic E-state index is 0.164. The molecule has 0 radical (unpaired) electrons. The molecule has 1 aromatic carbocycles. The minimum atomic E-state index is -0.164. The molecule has 4 bridgehead atoms. The fraction of sp³-hybridized carbons (Fsp3) is 0.588. The lowest BCUT2D eigenvalue weighted by atomic mass is 9.62. The SMILES string of the molecule is COc1ccccc1[C@H]1[C@@H]2[C@@H]3CC(=O)[C@@]1(C)C[C@]23C. The van der Waals surface area contributed by atoms with Gasteiger partial charge in [0.2, 0.25) is 0 Å². The van der Waals surface area contributed by atoms with E-state index < -0.39 is 0 Å². The first-order chi connectivity index (χ1) is 9.02. The summed E-state index contributed by atoms with van der Waals surface area (Å²) in [5.74, 6) is 3.09. The van der Waals surface area contributed by atoms with Gasteiger partial charge in [-0.25, -0.2) is 0 Å². The summed E-state index contributed by atoms with van der Waals surface area (Å²) >= 11 is 0. The lowest BCUT2D eigenvalue weighted by Gasteiger charge is -2.40. The molecule has 5 rings (SSSR count). The highest BCUT2D eigenvalue weighted by Crippen LogP contribution is 2.83. The Hall–Kier alpha value is -1.31. The van der Waals surface area contributed by atoms with E-state index in [1.165, 1.54) is 5.56 Å². The van der Waals surface area contributed by atoms with Gasteiger partial charge >= 0.3 is 0 Å².